The van der Waals surface area contributed by atoms with Gasteiger partial charge >= 0.3 is 5.97 Å². The second-order valence-corrected chi connectivity index (χ2v) is 8.24. The number of piperazine rings is 1. The third-order valence-corrected chi connectivity index (χ3v) is 6.06. The smallest absolute Gasteiger partial charge is 0.347 e. The summed E-state index contributed by atoms with van der Waals surface area (Å²) in [6.07, 6.45) is 0. The van der Waals surface area contributed by atoms with Crippen molar-refractivity contribution in [2.45, 2.75) is 13.5 Å². The molecule has 4 N–H and O–H groups in total. The van der Waals surface area contributed by atoms with E-state index in [0.29, 0.717) is 29.1 Å². The lowest BCUT2D eigenvalue weighted by Gasteiger charge is -2.28. The number of carboxylic acids is 1. The zero-order valence-corrected chi connectivity index (χ0v) is 18.7. The summed E-state index contributed by atoms with van der Waals surface area (Å²) >= 11 is 1.07. The highest BCUT2D eigenvalue weighted by molar-refractivity contribution is 7.17. The number of hydrogen-bond donors (Lipinski definition) is 4. The molecule has 4 rings (SSSR count). The Morgan fingerprint density at radius 1 is 1.22 bits per heavy atom. The predicted octanol–water partition coefficient (Wildman–Crippen LogP) is 2.71. The van der Waals surface area contributed by atoms with Crippen molar-refractivity contribution in [3.05, 3.63) is 46.5 Å². The van der Waals surface area contributed by atoms with Crippen LogP contribution in [0.25, 0.3) is 0 Å². The lowest BCUT2D eigenvalue weighted by molar-refractivity contribution is 0.0701. The number of benzene rings is 1. The van der Waals surface area contributed by atoms with Crippen LogP contribution in [0.15, 0.2) is 30.3 Å². The maximum absolute atomic E-state index is 11.3. The van der Waals surface area contributed by atoms with Crippen molar-refractivity contribution in [2.24, 2.45) is 0 Å². The minimum Gasteiger partial charge on any atom is -0.497 e. The second-order valence-electron chi connectivity index (χ2n) is 7.24. The minimum absolute atomic E-state index is 0.198. The van der Waals surface area contributed by atoms with Crippen molar-refractivity contribution in [1.29, 1.82) is 0 Å². The van der Waals surface area contributed by atoms with Gasteiger partial charge in [0.1, 0.15) is 22.3 Å². The SMILES string of the molecule is COc1ccc(CNc2cc(N3CCNCC3)nc(Nc3nc(C)c(C(=O)O)s3)n2)cc1. The van der Waals surface area contributed by atoms with Gasteiger partial charge in [-0.1, -0.05) is 23.5 Å². The van der Waals surface area contributed by atoms with Gasteiger partial charge in [-0.2, -0.15) is 9.97 Å². The fourth-order valence-corrected chi connectivity index (χ4v) is 4.12. The molecule has 0 atom stereocenters. The molecule has 0 aliphatic carbocycles. The summed E-state index contributed by atoms with van der Waals surface area (Å²) in [5.41, 5.74) is 1.55. The molecular formula is C21H25N7O3S. The van der Waals surface area contributed by atoms with E-state index in [-0.39, 0.29) is 4.88 Å². The molecular weight excluding hydrogens is 430 g/mol. The van der Waals surface area contributed by atoms with Crippen molar-refractivity contribution >= 4 is 40.0 Å². The second kappa shape index (κ2) is 9.79. The van der Waals surface area contributed by atoms with E-state index < -0.39 is 5.97 Å². The van der Waals surface area contributed by atoms with Gasteiger partial charge in [0.05, 0.1) is 12.8 Å². The van der Waals surface area contributed by atoms with Crippen LogP contribution in [0.2, 0.25) is 0 Å². The molecule has 1 saturated heterocycles. The van der Waals surface area contributed by atoms with Crippen LogP contribution in [0, 0.1) is 6.92 Å². The molecule has 1 aliphatic heterocycles. The van der Waals surface area contributed by atoms with E-state index in [4.69, 9.17) is 4.74 Å². The van der Waals surface area contributed by atoms with Crippen molar-refractivity contribution in [3.8, 4) is 5.75 Å². The lowest BCUT2D eigenvalue weighted by Crippen LogP contribution is -2.44. The molecule has 0 unspecified atom stereocenters. The van der Waals surface area contributed by atoms with E-state index in [1.165, 1.54) is 0 Å². The highest BCUT2D eigenvalue weighted by atomic mass is 32.1. The van der Waals surface area contributed by atoms with Crippen LogP contribution >= 0.6 is 11.3 Å². The Hall–Kier alpha value is -3.44. The van der Waals surface area contributed by atoms with Crippen LogP contribution in [-0.2, 0) is 6.54 Å². The van der Waals surface area contributed by atoms with E-state index in [9.17, 15) is 9.90 Å². The number of carbonyl (C=O) groups is 1. The van der Waals surface area contributed by atoms with Crippen LogP contribution in [-0.4, -0.2) is 59.3 Å². The molecule has 2 aromatic heterocycles. The van der Waals surface area contributed by atoms with Crippen molar-refractivity contribution in [3.63, 3.8) is 0 Å². The number of anilines is 4. The monoisotopic (exact) mass is 455 g/mol. The number of methoxy groups -OCH3 is 1. The Labute approximate surface area is 189 Å². The van der Waals surface area contributed by atoms with Crippen LogP contribution in [0.5, 0.6) is 5.75 Å². The topological polar surface area (TPSA) is 125 Å². The Kier molecular flexibility index (Phi) is 6.66. The predicted molar refractivity (Wildman–Crippen MR) is 125 cm³/mol. The normalized spacial score (nSPS) is 13.6. The highest BCUT2D eigenvalue weighted by Gasteiger charge is 2.17. The van der Waals surface area contributed by atoms with Gasteiger partial charge in [-0.25, -0.2) is 9.78 Å². The van der Waals surface area contributed by atoms with E-state index in [0.717, 1.165) is 54.6 Å². The third-order valence-electron chi connectivity index (χ3n) is 5.00. The highest BCUT2D eigenvalue weighted by Crippen LogP contribution is 2.27. The fraction of sp³-hybridized carbons (Fsp3) is 0.333. The summed E-state index contributed by atoms with van der Waals surface area (Å²) in [5, 5.41) is 19.5. The molecule has 0 radical (unpaired) electrons. The Bertz CT molecular complexity index is 1080. The zero-order valence-electron chi connectivity index (χ0n) is 17.9. The Morgan fingerprint density at radius 2 is 1.97 bits per heavy atom. The summed E-state index contributed by atoms with van der Waals surface area (Å²) in [5.74, 6) is 1.64. The molecule has 0 spiro atoms. The quantitative estimate of drug-likeness (QED) is 0.403. The number of hydrogen-bond acceptors (Lipinski definition) is 10. The van der Waals surface area contributed by atoms with Crippen LogP contribution in [0.1, 0.15) is 20.9 Å². The summed E-state index contributed by atoms with van der Waals surface area (Å²) in [4.78, 5) is 27.3. The van der Waals surface area contributed by atoms with Gasteiger partial charge in [0.15, 0.2) is 5.13 Å². The third kappa shape index (κ3) is 5.24. The lowest BCUT2D eigenvalue weighted by atomic mass is 10.2. The van der Waals surface area contributed by atoms with Crippen molar-refractivity contribution in [2.75, 3.05) is 48.8 Å². The van der Waals surface area contributed by atoms with E-state index >= 15 is 0 Å². The first-order valence-corrected chi connectivity index (χ1v) is 11.0. The first kappa shape index (κ1) is 21.8. The Balaban J connectivity index is 1.57. The molecule has 3 aromatic rings. The average Bonchev–Trinajstić information content (AvgIpc) is 3.18. The van der Waals surface area contributed by atoms with Gasteiger partial charge in [-0.3, -0.25) is 5.32 Å². The molecule has 0 bridgehead atoms. The number of aryl methyl sites for hydroxylation is 1. The molecule has 0 saturated carbocycles. The molecule has 10 nitrogen and oxygen atoms in total. The first-order chi connectivity index (χ1) is 15.5. The van der Waals surface area contributed by atoms with Gasteiger partial charge in [0.25, 0.3) is 0 Å². The average molecular weight is 456 g/mol. The number of rotatable bonds is 8. The van der Waals surface area contributed by atoms with Crippen molar-refractivity contribution in [1.82, 2.24) is 20.3 Å². The number of nitrogens with zero attached hydrogens (tertiary/aromatic N) is 4. The minimum atomic E-state index is -0.995. The van der Waals surface area contributed by atoms with Crippen LogP contribution < -0.4 is 25.6 Å². The van der Waals surface area contributed by atoms with Crippen molar-refractivity contribution < 1.29 is 14.6 Å². The number of thiazole rings is 1. The molecule has 1 aromatic carbocycles. The van der Waals surface area contributed by atoms with Crippen LogP contribution in [0.4, 0.5) is 22.7 Å². The number of aromatic nitrogens is 3. The molecule has 1 fully saturated rings. The standard InChI is InChI=1S/C21H25N7O3S/c1-13-18(19(29)30)32-21(24-13)27-20-25-16(11-17(26-20)28-9-7-22-8-10-28)23-12-14-3-5-15(31-2)6-4-14/h3-6,11,22H,7-10,12H2,1-2H3,(H,29,30)(H2,23,24,25,26,27). The molecule has 32 heavy (non-hydrogen) atoms. The summed E-state index contributed by atoms with van der Waals surface area (Å²) < 4.78 is 5.21. The summed E-state index contributed by atoms with van der Waals surface area (Å²) in [6.45, 7) is 5.71. The number of aromatic carboxylic acids is 1. The Morgan fingerprint density at radius 3 is 2.62 bits per heavy atom. The number of carboxylic acid groups (broad SMARTS) is 1. The van der Waals surface area contributed by atoms with E-state index in [2.05, 4.69) is 35.8 Å². The molecule has 168 valence electrons. The maximum Gasteiger partial charge on any atom is 0.347 e. The summed E-state index contributed by atoms with van der Waals surface area (Å²) in [7, 11) is 1.64. The maximum atomic E-state index is 11.3. The van der Waals surface area contributed by atoms with Gasteiger partial charge < -0.3 is 25.4 Å². The van der Waals surface area contributed by atoms with Gasteiger partial charge in [-0.05, 0) is 24.6 Å². The fourth-order valence-electron chi connectivity index (χ4n) is 3.32. The number of ether oxygens (including phenoxy) is 1. The number of nitrogens with one attached hydrogen (secondary N) is 3. The molecule has 11 heteroatoms. The van der Waals surface area contributed by atoms with E-state index in [1.807, 2.05) is 30.3 Å². The largest absolute Gasteiger partial charge is 0.497 e. The molecule has 0 amide bonds. The van der Waals surface area contributed by atoms with E-state index in [1.54, 1.807) is 14.0 Å². The zero-order chi connectivity index (χ0) is 22.5. The van der Waals surface area contributed by atoms with Gasteiger partial charge in [0.2, 0.25) is 5.95 Å². The first-order valence-electron chi connectivity index (χ1n) is 10.2. The molecule has 1 aliphatic rings. The summed E-state index contributed by atoms with van der Waals surface area (Å²) in [6, 6.07) is 9.75. The van der Waals surface area contributed by atoms with Gasteiger partial charge in [0, 0.05) is 38.8 Å². The molecule has 3 heterocycles. The van der Waals surface area contributed by atoms with Gasteiger partial charge in [-0.15, -0.1) is 0 Å². The van der Waals surface area contributed by atoms with Crippen LogP contribution in [0.3, 0.4) is 0 Å².